The number of rotatable bonds is 5. The molecule has 0 aliphatic carbocycles. The summed E-state index contributed by atoms with van der Waals surface area (Å²) in [5, 5.41) is 0. The van der Waals surface area contributed by atoms with Gasteiger partial charge in [-0.05, 0) is 13.3 Å². The Kier molecular flexibility index (Phi) is 9.70. The lowest BCUT2D eigenvalue weighted by Crippen LogP contribution is -1.73. The minimum absolute atomic E-state index is 0.921. The highest BCUT2D eigenvalue weighted by Crippen LogP contribution is 2.00. The zero-order valence-corrected chi connectivity index (χ0v) is 8.40. The summed E-state index contributed by atoms with van der Waals surface area (Å²) < 4.78 is 0. The van der Waals surface area contributed by atoms with Crippen molar-refractivity contribution >= 4 is 0 Å². The summed E-state index contributed by atoms with van der Waals surface area (Å²) >= 11 is 0. The van der Waals surface area contributed by atoms with Gasteiger partial charge in [-0.25, -0.2) is 0 Å². The Hall–Kier alpha value is -0.700. The van der Waals surface area contributed by atoms with Crippen LogP contribution >= 0.6 is 0 Å². The number of hydrogen-bond acceptors (Lipinski definition) is 0. The molecular formula is C12H20. The van der Waals surface area contributed by atoms with E-state index in [0.29, 0.717) is 0 Å². The minimum Gasteiger partial charge on any atom is -0.103 e. The molecule has 0 rings (SSSR count). The lowest BCUT2D eigenvalue weighted by atomic mass is 10.1. The quantitative estimate of drug-likeness (QED) is 0.328. The second-order valence-corrected chi connectivity index (χ2v) is 2.94. The largest absolute Gasteiger partial charge is 0.103 e. The first-order valence-corrected chi connectivity index (χ1v) is 4.98. The Bertz CT molecular complexity index is 155. The van der Waals surface area contributed by atoms with Crippen molar-refractivity contribution in [2.75, 3.05) is 0 Å². The van der Waals surface area contributed by atoms with E-state index in [1.165, 1.54) is 25.7 Å². The predicted octanol–water partition coefficient (Wildman–Crippen LogP) is 3.93. The van der Waals surface area contributed by atoms with Gasteiger partial charge in [0, 0.05) is 12.8 Å². The van der Waals surface area contributed by atoms with Crippen molar-refractivity contribution in [2.24, 2.45) is 0 Å². The molecule has 0 bridgehead atoms. The first-order valence-electron chi connectivity index (χ1n) is 4.98. The molecule has 0 aliphatic heterocycles. The summed E-state index contributed by atoms with van der Waals surface area (Å²) in [5.74, 6) is 6.30. The molecule has 0 heteroatoms. The summed E-state index contributed by atoms with van der Waals surface area (Å²) in [4.78, 5) is 0. The molecule has 0 aromatic heterocycles. The normalized spacial score (nSPS) is 9.83. The molecule has 0 N–H and O–H groups in total. The fourth-order valence-corrected chi connectivity index (χ4v) is 0.977. The average Bonchev–Trinajstić information content (AvgIpc) is 2.10. The Morgan fingerprint density at radius 2 is 1.92 bits per heavy atom. The first kappa shape index (κ1) is 11.3. The van der Waals surface area contributed by atoms with Crippen molar-refractivity contribution in [1.29, 1.82) is 0 Å². The van der Waals surface area contributed by atoms with Crippen molar-refractivity contribution in [1.82, 2.24) is 0 Å². The topological polar surface area (TPSA) is 0 Å². The van der Waals surface area contributed by atoms with Crippen LogP contribution in [0.1, 0.15) is 52.4 Å². The fourth-order valence-electron chi connectivity index (χ4n) is 0.977. The van der Waals surface area contributed by atoms with Crippen LogP contribution in [0, 0.1) is 11.8 Å². The molecule has 0 amide bonds. The minimum atomic E-state index is 0.921. The van der Waals surface area contributed by atoms with E-state index in [0.717, 1.165) is 12.8 Å². The lowest BCUT2D eigenvalue weighted by molar-refractivity contribution is 0.679. The molecule has 68 valence electrons. The average molecular weight is 164 g/mol. The van der Waals surface area contributed by atoms with Crippen molar-refractivity contribution in [3.05, 3.63) is 12.2 Å². The Morgan fingerprint density at radius 1 is 1.08 bits per heavy atom. The van der Waals surface area contributed by atoms with Crippen LogP contribution in [0.2, 0.25) is 0 Å². The van der Waals surface area contributed by atoms with Gasteiger partial charge < -0.3 is 0 Å². The van der Waals surface area contributed by atoms with Gasteiger partial charge in [-0.15, -0.1) is 5.92 Å². The highest BCUT2D eigenvalue weighted by atomic mass is 13.9. The molecule has 0 saturated carbocycles. The molecule has 0 radical (unpaired) electrons. The molecule has 0 atom stereocenters. The van der Waals surface area contributed by atoms with Gasteiger partial charge in [0.1, 0.15) is 0 Å². The molecule has 0 aliphatic rings. The maximum atomic E-state index is 3.18. The van der Waals surface area contributed by atoms with Gasteiger partial charge in [0.05, 0.1) is 0 Å². The molecular weight excluding hydrogens is 144 g/mol. The van der Waals surface area contributed by atoms with Crippen LogP contribution in [0.15, 0.2) is 12.2 Å². The number of allylic oxidation sites excluding steroid dienone is 2. The van der Waals surface area contributed by atoms with E-state index in [4.69, 9.17) is 0 Å². The van der Waals surface area contributed by atoms with E-state index in [9.17, 15) is 0 Å². The zero-order chi connectivity index (χ0) is 9.07. The molecule has 0 aromatic rings. The smallest absolute Gasteiger partial charge is 0.0269 e. The highest BCUT2D eigenvalue weighted by molar-refractivity contribution is 5.03. The third kappa shape index (κ3) is 9.30. The van der Waals surface area contributed by atoms with Gasteiger partial charge in [-0.3, -0.25) is 0 Å². The Balaban J connectivity index is 3.10. The third-order valence-electron chi connectivity index (χ3n) is 1.74. The van der Waals surface area contributed by atoms with Gasteiger partial charge in [0.15, 0.2) is 0 Å². The first-order chi connectivity index (χ1) is 5.91. The Morgan fingerprint density at radius 3 is 2.58 bits per heavy atom. The molecule has 0 unspecified atom stereocenters. The van der Waals surface area contributed by atoms with E-state index < -0.39 is 0 Å². The molecule has 0 spiro atoms. The van der Waals surface area contributed by atoms with Crippen molar-refractivity contribution < 1.29 is 0 Å². The van der Waals surface area contributed by atoms with Gasteiger partial charge >= 0.3 is 0 Å². The maximum absolute atomic E-state index is 3.18. The number of unbranched alkanes of at least 4 members (excludes halogenated alkanes) is 4. The molecule has 0 fully saturated rings. The summed E-state index contributed by atoms with van der Waals surface area (Å²) in [5.41, 5.74) is 0. The van der Waals surface area contributed by atoms with E-state index >= 15 is 0 Å². The van der Waals surface area contributed by atoms with Crippen molar-refractivity contribution in [3.63, 3.8) is 0 Å². The molecule has 0 nitrogen and oxygen atoms in total. The predicted molar refractivity (Wildman–Crippen MR) is 56.0 cm³/mol. The molecule has 0 aromatic carbocycles. The van der Waals surface area contributed by atoms with Crippen LogP contribution < -0.4 is 0 Å². The van der Waals surface area contributed by atoms with Crippen LogP contribution in [0.4, 0.5) is 0 Å². The Labute approximate surface area is 77.1 Å². The second kappa shape index (κ2) is 10.3. The van der Waals surface area contributed by atoms with E-state index in [1.54, 1.807) is 0 Å². The van der Waals surface area contributed by atoms with Gasteiger partial charge in [0.2, 0.25) is 0 Å². The van der Waals surface area contributed by atoms with Crippen LogP contribution in [0.3, 0.4) is 0 Å². The lowest BCUT2D eigenvalue weighted by Gasteiger charge is -1.91. The maximum Gasteiger partial charge on any atom is 0.0269 e. The van der Waals surface area contributed by atoms with E-state index in [-0.39, 0.29) is 0 Å². The molecule has 0 saturated heterocycles. The van der Waals surface area contributed by atoms with Gasteiger partial charge in [0.25, 0.3) is 0 Å². The van der Waals surface area contributed by atoms with E-state index in [1.807, 2.05) is 13.0 Å². The second-order valence-electron chi connectivity index (χ2n) is 2.94. The van der Waals surface area contributed by atoms with Crippen LogP contribution in [-0.2, 0) is 0 Å². The van der Waals surface area contributed by atoms with E-state index in [2.05, 4.69) is 24.8 Å². The standard InChI is InChI=1S/C12H20/c1-3-5-7-9-11-12-10-8-6-4-2/h3,5H,4,6-8,10,12H2,1-2H3/b5-3+. The summed E-state index contributed by atoms with van der Waals surface area (Å²) in [6.07, 6.45) is 11.4. The number of hydrogen-bond donors (Lipinski definition) is 0. The SMILES string of the molecule is C/C=C/CC#CCCCCCC. The van der Waals surface area contributed by atoms with Crippen LogP contribution in [0.25, 0.3) is 0 Å². The van der Waals surface area contributed by atoms with Crippen molar-refractivity contribution in [3.8, 4) is 11.8 Å². The van der Waals surface area contributed by atoms with Crippen molar-refractivity contribution in [2.45, 2.75) is 52.4 Å². The highest BCUT2D eigenvalue weighted by Gasteiger charge is 1.82. The summed E-state index contributed by atoms with van der Waals surface area (Å²) in [7, 11) is 0. The molecule has 12 heavy (non-hydrogen) atoms. The fraction of sp³-hybridized carbons (Fsp3) is 0.667. The van der Waals surface area contributed by atoms with Gasteiger partial charge in [-0.2, -0.15) is 0 Å². The molecule has 0 heterocycles. The summed E-state index contributed by atoms with van der Waals surface area (Å²) in [6, 6.07) is 0. The monoisotopic (exact) mass is 164 g/mol. The van der Waals surface area contributed by atoms with Gasteiger partial charge in [-0.1, -0.05) is 44.3 Å². The van der Waals surface area contributed by atoms with Crippen LogP contribution in [0.5, 0.6) is 0 Å². The third-order valence-corrected chi connectivity index (χ3v) is 1.74. The summed E-state index contributed by atoms with van der Waals surface area (Å²) in [6.45, 7) is 4.26. The zero-order valence-electron chi connectivity index (χ0n) is 8.40. The van der Waals surface area contributed by atoms with Crippen LogP contribution in [-0.4, -0.2) is 0 Å².